The van der Waals surface area contributed by atoms with E-state index in [0.29, 0.717) is 5.15 Å². The Kier molecular flexibility index (Phi) is 5.46. The van der Waals surface area contributed by atoms with Gasteiger partial charge in [-0.15, -0.1) is 11.3 Å². The molecule has 2 nitrogen and oxygen atoms in total. The number of aryl methyl sites for hydroxylation is 4. The molecule has 2 heterocycles. The molecule has 0 N–H and O–H groups in total. The van der Waals surface area contributed by atoms with Crippen molar-refractivity contribution in [2.24, 2.45) is 0 Å². The second kappa shape index (κ2) is 7.86. The third-order valence-corrected chi connectivity index (χ3v) is 7.14. The van der Waals surface area contributed by atoms with Gasteiger partial charge in [-0.2, -0.15) is 0 Å². The quantitative estimate of drug-likeness (QED) is 0.192. The minimum Gasteiger partial charge on any atom is -0.211 e. The number of benzene rings is 2. The molecule has 0 aliphatic carbocycles. The third-order valence-electron chi connectivity index (χ3n) is 4.95. The number of thiophene rings is 1. The number of hydrogen-bond donors (Lipinski definition) is 0. The molecule has 4 rings (SSSR count). The zero-order valence-electron chi connectivity index (χ0n) is 16.3. The summed E-state index contributed by atoms with van der Waals surface area (Å²) in [5, 5.41) is 2.23. The average Bonchev–Trinajstić information content (AvgIpc) is 3.00. The number of thioether (sulfide) groups is 1. The van der Waals surface area contributed by atoms with E-state index < -0.39 is 0 Å². The molecule has 5 heteroatoms. The van der Waals surface area contributed by atoms with Crippen LogP contribution in [0.4, 0.5) is 0 Å². The second-order valence-corrected chi connectivity index (χ2v) is 9.59. The van der Waals surface area contributed by atoms with E-state index in [0.717, 1.165) is 26.7 Å². The van der Waals surface area contributed by atoms with Crippen LogP contribution in [0.5, 0.6) is 0 Å². The van der Waals surface area contributed by atoms with Gasteiger partial charge in [0.15, 0.2) is 5.16 Å². The van der Waals surface area contributed by atoms with Crippen molar-refractivity contribution < 1.29 is 0 Å². The first-order chi connectivity index (χ1) is 13.4. The highest BCUT2D eigenvalue weighted by Gasteiger charge is 2.18. The molecule has 0 aliphatic rings. The summed E-state index contributed by atoms with van der Waals surface area (Å²) in [6.07, 6.45) is 0. The van der Waals surface area contributed by atoms with Gasteiger partial charge >= 0.3 is 0 Å². The minimum atomic E-state index is 0.536. The molecule has 142 valence electrons. The molecule has 2 aromatic carbocycles. The van der Waals surface area contributed by atoms with Crippen LogP contribution in [0.3, 0.4) is 0 Å². The lowest BCUT2D eigenvalue weighted by Crippen LogP contribution is -1.90. The Bertz CT molecular complexity index is 1160. The van der Waals surface area contributed by atoms with Crippen molar-refractivity contribution in [2.45, 2.75) is 38.6 Å². The van der Waals surface area contributed by atoms with Gasteiger partial charge in [0, 0.05) is 16.2 Å². The van der Waals surface area contributed by atoms with Crippen molar-refractivity contribution in [3.63, 3.8) is 0 Å². The standard InChI is InChI=1S/C23H21ClN2S2/c1-13-5-8-17(9-6-13)12-27-23-25-21(24)20-19(16(4)28-22(20)26-23)18-10-7-14(2)15(3)11-18/h5-11H,12H2,1-4H3. The maximum Gasteiger partial charge on any atom is 0.190 e. The van der Waals surface area contributed by atoms with Crippen LogP contribution in [0.1, 0.15) is 27.1 Å². The Morgan fingerprint density at radius 1 is 0.929 bits per heavy atom. The van der Waals surface area contributed by atoms with E-state index in [1.54, 1.807) is 23.1 Å². The summed E-state index contributed by atoms with van der Waals surface area (Å²) in [4.78, 5) is 11.6. The predicted octanol–water partition coefficient (Wildman–Crippen LogP) is 7.54. The molecule has 0 unspecified atom stereocenters. The number of hydrogen-bond acceptors (Lipinski definition) is 4. The Morgan fingerprint density at radius 3 is 2.39 bits per heavy atom. The molecule has 0 saturated heterocycles. The molecule has 0 bridgehead atoms. The number of fused-ring (bicyclic) bond motifs is 1. The van der Waals surface area contributed by atoms with Gasteiger partial charge in [0.1, 0.15) is 9.98 Å². The Morgan fingerprint density at radius 2 is 1.68 bits per heavy atom. The molecule has 0 atom stereocenters. The summed E-state index contributed by atoms with van der Waals surface area (Å²) < 4.78 is 0. The van der Waals surface area contributed by atoms with Crippen LogP contribution < -0.4 is 0 Å². The first-order valence-electron chi connectivity index (χ1n) is 9.15. The fourth-order valence-corrected chi connectivity index (χ4v) is 5.47. The molecule has 0 spiro atoms. The lowest BCUT2D eigenvalue weighted by molar-refractivity contribution is 1.01. The van der Waals surface area contributed by atoms with E-state index in [4.69, 9.17) is 16.6 Å². The fourth-order valence-electron chi connectivity index (χ4n) is 3.19. The van der Waals surface area contributed by atoms with E-state index >= 15 is 0 Å². The monoisotopic (exact) mass is 424 g/mol. The highest BCUT2D eigenvalue weighted by Crippen LogP contribution is 2.41. The van der Waals surface area contributed by atoms with Gasteiger partial charge in [-0.1, -0.05) is 71.4 Å². The van der Waals surface area contributed by atoms with E-state index in [9.17, 15) is 0 Å². The first-order valence-corrected chi connectivity index (χ1v) is 11.3. The van der Waals surface area contributed by atoms with E-state index in [2.05, 4.69) is 75.1 Å². The highest BCUT2D eigenvalue weighted by molar-refractivity contribution is 7.98. The molecular formula is C23H21ClN2S2. The topological polar surface area (TPSA) is 25.8 Å². The Balaban J connectivity index is 1.70. The highest BCUT2D eigenvalue weighted by atomic mass is 35.5. The van der Waals surface area contributed by atoms with E-state index in [1.165, 1.54) is 32.7 Å². The number of nitrogens with zero attached hydrogens (tertiary/aromatic N) is 2. The molecule has 0 fully saturated rings. The van der Waals surface area contributed by atoms with Gasteiger partial charge < -0.3 is 0 Å². The molecule has 0 amide bonds. The first kappa shape index (κ1) is 19.4. The predicted molar refractivity (Wildman–Crippen MR) is 123 cm³/mol. The fraction of sp³-hybridized carbons (Fsp3) is 0.217. The third kappa shape index (κ3) is 3.82. The average molecular weight is 425 g/mol. The molecule has 2 aromatic heterocycles. The summed E-state index contributed by atoms with van der Waals surface area (Å²) in [7, 11) is 0. The van der Waals surface area contributed by atoms with Crippen LogP contribution >= 0.6 is 34.7 Å². The normalized spacial score (nSPS) is 11.3. The van der Waals surface area contributed by atoms with E-state index in [1.807, 2.05) is 0 Å². The molecule has 28 heavy (non-hydrogen) atoms. The van der Waals surface area contributed by atoms with Crippen molar-refractivity contribution in [3.05, 3.63) is 74.7 Å². The number of halogens is 1. The van der Waals surface area contributed by atoms with Crippen LogP contribution in [0.25, 0.3) is 21.3 Å². The van der Waals surface area contributed by atoms with Crippen molar-refractivity contribution >= 4 is 44.9 Å². The van der Waals surface area contributed by atoms with Gasteiger partial charge in [0.25, 0.3) is 0 Å². The van der Waals surface area contributed by atoms with Crippen molar-refractivity contribution in [1.82, 2.24) is 9.97 Å². The van der Waals surface area contributed by atoms with Gasteiger partial charge in [-0.25, -0.2) is 9.97 Å². The van der Waals surface area contributed by atoms with Crippen LogP contribution in [0.2, 0.25) is 5.15 Å². The van der Waals surface area contributed by atoms with Crippen molar-refractivity contribution in [1.29, 1.82) is 0 Å². The Hall–Kier alpha value is -1.88. The van der Waals surface area contributed by atoms with Crippen LogP contribution in [-0.2, 0) is 5.75 Å². The van der Waals surface area contributed by atoms with Gasteiger partial charge in [0.05, 0.1) is 5.39 Å². The number of aromatic nitrogens is 2. The van der Waals surface area contributed by atoms with Crippen molar-refractivity contribution in [3.8, 4) is 11.1 Å². The van der Waals surface area contributed by atoms with Crippen LogP contribution in [-0.4, -0.2) is 9.97 Å². The van der Waals surface area contributed by atoms with Crippen LogP contribution in [0, 0.1) is 27.7 Å². The van der Waals surface area contributed by atoms with Gasteiger partial charge in [-0.05, 0) is 49.9 Å². The summed E-state index contributed by atoms with van der Waals surface area (Å²) in [6.45, 7) is 8.50. The molecule has 0 aliphatic heterocycles. The zero-order valence-corrected chi connectivity index (χ0v) is 18.7. The van der Waals surface area contributed by atoms with E-state index in [-0.39, 0.29) is 0 Å². The SMILES string of the molecule is Cc1ccc(CSc2nc(Cl)c3c(-c4ccc(C)c(C)c4)c(C)sc3n2)cc1. The molecular weight excluding hydrogens is 404 g/mol. The lowest BCUT2D eigenvalue weighted by atomic mass is 9.99. The Labute approximate surface area is 179 Å². The molecule has 0 radical (unpaired) electrons. The van der Waals surface area contributed by atoms with Gasteiger partial charge in [0.2, 0.25) is 0 Å². The lowest BCUT2D eigenvalue weighted by Gasteiger charge is -2.07. The summed E-state index contributed by atoms with van der Waals surface area (Å²) in [5.41, 5.74) is 7.42. The molecule has 0 saturated carbocycles. The number of rotatable bonds is 4. The maximum absolute atomic E-state index is 6.65. The maximum atomic E-state index is 6.65. The summed E-state index contributed by atoms with van der Waals surface area (Å²) >= 11 is 9.96. The smallest absolute Gasteiger partial charge is 0.190 e. The summed E-state index contributed by atoms with van der Waals surface area (Å²) in [6, 6.07) is 15.1. The second-order valence-electron chi connectivity index (χ2n) is 7.08. The minimum absolute atomic E-state index is 0.536. The van der Waals surface area contributed by atoms with Crippen molar-refractivity contribution in [2.75, 3.05) is 0 Å². The zero-order chi connectivity index (χ0) is 19.8. The molecule has 4 aromatic rings. The summed E-state index contributed by atoms with van der Waals surface area (Å²) in [5.74, 6) is 0.830. The van der Waals surface area contributed by atoms with Crippen LogP contribution in [0.15, 0.2) is 47.6 Å². The van der Waals surface area contributed by atoms with Gasteiger partial charge in [-0.3, -0.25) is 0 Å². The largest absolute Gasteiger partial charge is 0.211 e.